The van der Waals surface area contributed by atoms with Crippen LogP contribution < -0.4 is 5.32 Å². The highest BCUT2D eigenvalue weighted by Crippen LogP contribution is 2.33. The quantitative estimate of drug-likeness (QED) is 0.715. The van der Waals surface area contributed by atoms with Crippen molar-refractivity contribution < 1.29 is 8.42 Å². The molecule has 2 heterocycles. The summed E-state index contributed by atoms with van der Waals surface area (Å²) in [6.45, 7) is 0. The van der Waals surface area contributed by atoms with Gasteiger partial charge in [0.25, 0.3) is 0 Å². The van der Waals surface area contributed by atoms with Gasteiger partial charge in [0.2, 0.25) is 0 Å². The second-order valence-corrected chi connectivity index (χ2v) is 11.2. The Kier molecular flexibility index (Phi) is 5.45. The topological polar surface area (TPSA) is 74.3 Å². The van der Waals surface area contributed by atoms with Gasteiger partial charge in [-0.25, -0.2) is 8.42 Å². The summed E-state index contributed by atoms with van der Waals surface area (Å²) in [6, 6.07) is 6.62. The first kappa shape index (κ1) is 19.2. The lowest BCUT2D eigenvalue weighted by Gasteiger charge is -2.14. The third-order valence-electron chi connectivity index (χ3n) is 5.17. The predicted molar refractivity (Wildman–Crippen MR) is 116 cm³/mol. The molecule has 1 aliphatic heterocycles. The van der Waals surface area contributed by atoms with Crippen molar-refractivity contribution in [2.24, 2.45) is 4.99 Å². The highest BCUT2D eigenvalue weighted by atomic mass is 35.5. The van der Waals surface area contributed by atoms with Crippen LogP contribution in [0.4, 0.5) is 5.69 Å². The van der Waals surface area contributed by atoms with E-state index in [2.05, 4.69) is 16.4 Å². The SMILES string of the molecule is CS(=O)(=O)CC[C@@H]1CSC(c2cc3cc(Cl)cc(NC4CCCC4)c3[nH]2)=N1. The molecule has 2 aromatic rings. The molecule has 146 valence electrons. The molecule has 1 fully saturated rings. The molecular weight excluding hydrogens is 402 g/mol. The first-order valence-corrected chi connectivity index (χ1v) is 12.8. The van der Waals surface area contributed by atoms with Crippen molar-refractivity contribution in [1.82, 2.24) is 4.98 Å². The van der Waals surface area contributed by atoms with Crippen LogP contribution in [0.5, 0.6) is 0 Å². The fraction of sp³-hybridized carbons (Fsp3) is 0.526. The van der Waals surface area contributed by atoms with E-state index in [1.165, 1.54) is 31.9 Å². The van der Waals surface area contributed by atoms with Crippen molar-refractivity contribution in [2.45, 2.75) is 44.2 Å². The largest absolute Gasteiger partial charge is 0.381 e. The Bertz CT molecular complexity index is 978. The highest BCUT2D eigenvalue weighted by Gasteiger charge is 2.23. The average Bonchev–Trinajstić information content (AvgIpc) is 3.32. The number of aromatic nitrogens is 1. The molecule has 1 aliphatic carbocycles. The second kappa shape index (κ2) is 7.68. The number of halogens is 1. The molecule has 0 saturated heterocycles. The minimum absolute atomic E-state index is 0.0609. The van der Waals surface area contributed by atoms with Gasteiger partial charge in [0.1, 0.15) is 14.9 Å². The number of fused-ring (bicyclic) bond motifs is 1. The van der Waals surface area contributed by atoms with Gasteiger partial charge < -0.3 is 10.3 Å². The number of thioether (sulfide) groups is 1. The van der Waals surface area contributed by atoms with E-state index in [-0.39, 0.29) is 11.8 Å². The molecule has 4 rings (SSSR count). The van der Waals surface area contributed by atoms with Gasteiger partial charge in [0.15, 0.2) is 0 Å². The van der Waals surface area contributed by atoms with E-state index in [9.17, 15) is 8.42 Å². The van der Waals surface area contributed by atoms with Crippen molar-refractivity contribution >= 4 is 54.8 Å². The molecule has 2 N–H and O–H groups in total. The zero-order chi connectivity index (χ0) is 19.0. The minimum Gasteiger partial charge on any atom is -0.381 e. The normalized spacial score (nSPS) is 21.1. The van der Waals surface area contributed by atoms with Gasteiger partial charge in [-0.1, -0.05) is 24.4 Å². The second-order valence-electron chi connectivity index (χ2n) is 7.54. The fourth-order valence-corrected chi connectivity index (χ4v) is 5.79. The summed E-state index contributed by atoms with van der Waals surface area (Å²) in [5.41, 5.74) is 3.09. The lowest BCUT2D eigenvalue weighted by Crippen LogP contribution is -2.14. The molecule has 5 nitrogen and oxygen atoms in total. The van der Waals surface area contributed by atoms with Gasteiger partial charge in [-0.05, 0) is 37.5 Å². The van der Waals surface area contributed by atoms with Gasteiger partial charge in [-0.3, -0.25) is 4.99 Å². The Balaban J connectivity index is 1.58. The summed E-state index contributed by atoms with van der Waals surface area (Å²) in [6.07, 6.45) is 6.81. The summed E-state index contributed by atoms with van der Waals surface area (Å²) in [7, 11) is -2.95. The molecule has 0 radical (unpaired) electrons. The number of rotatable bonds is 6. The number of sulfone groups is 1. The summed E-state index contributed by atoms with van der Waals surface area (Å²) in [5.74, 6) is 1.01. The van der Waals surface area contributed by atoms with Crippen molar-refractivity contribution in [3.05, 3.63) is 28.9 Å². The molecule has 0 amide bonds. The van der Waals surface area contributed by atoms with E-state index in [1.807, 2.05) is 12.1 Å². The van der Waals surface area contributed by atoms with Gasteiger partial charge >= 0.3 is 0 Å². The van der Waals surface area contributed by atoms with Crippen molar-refractivity contribution in [3.8, 4) is 0 Å². The molecule has 1 saturated carbocycles. The molecule has 0 unspecified atom stereocenters. The van der Waals surface area contributed by atoms with Crippen molar-refractivity contribution in [2.75, 3.05) is 23.1 Å². The third kappa shape index (κ3) is 4.63. The van der Waals surface area contributed by atoms with Crippen LogP contribution in [0.3, 0.4) is 0 Å². The molecule has 1 aromatic heterocycles. The maximum Gasteiger partial charge on any atom is 0.147 e. The van der Waals surface area contributed by atoms with Crippen molar-refractivity contribution in [3.63, 3.8) is 0 Å². The standard InChI is InChI=1S/C19H24ClN3O2S2/c1-27(24,25)7-6-15-11-26-19(22-15)17-9-12-8-13(20)10-16(18(12)23-17)21-14-4-2-3-5-14/h8-10,14-15,21,23H,2-7,11H2,1H3/t15-/m1/s1. The molecule has 1 aromatic carbocycles. The van der Waals surface area contributed by atoms with E-state index in [0.29, 0.717) is 12.5 Å². The number of nitrogens with zero attached hydrogens (tertiary/aromatic N) is 1. The first-order valence-electron chi connectivity index (χ1n) is 9.35. The van der Waals surface area contributed by atoms with Crippen LogP contribution in [0.2, 0.25) is 5.02 Å². The first-order chi connectivity index (χ1) is 12.9. The number of anilines is 1. The van der Waals surface area contributed by atoms with Crippen LogP contribution in [0.1, 0.15) is 37.8 Å². The maximum atomic E-state index is 11.4. The lowest BCUT2D eigenvalue weighted by molar-refractivity contribution is 0.594. The predicted octanol–water partition coefficient (Wildman–Crippen LogP) is 4.47. The zero-order valence-corrected chi connectivity index (χ0v) is 17.7. The zero-order valence-electron chi connectivity index (χ0n) is 15.3. The molecular formula is C19H24ClN3O2S2. The van der Waals surface area contributed by atoms with Crippen LogP contribution in [0, 0.1) is 0 Å². The Morgan fingerprint density at radius 2 is 2.07 bits per heavy atom. The van der Waals surface area contributed by atoms with E-state index < -0.39 is 9.84 Å². The van der Waals surface area contributed by atoms with Crippen LogP contribution in [-0.4, -0.2) is 48.3 Å². The van der Waals surface area contributed by atoms with E-state index in [1.54, 1.807) is 11.8 Å². The van der Waals surface area contributed by atoms with Gasteiger partial charge in [0.05, 0.1) is 28.7 Å². The van der Waals surface area contributed by atoms with Gasteiger partial charge in [-0.2, -0.15) is 0 Å². The van der Waals surface area contributed by atoms with E-state index >= 15 is 0 Å². The number of hydrogen-bond donors (Lipinski definition) is 2. The smallest absolute Gasteiger partial charge is 0.147 e. The Labute approximate surface area is 169 Å². The number of hydrogen-bond acceptors (Lipinski definition) is 5. The highest BCUT2D eigenvalue weighted by molar-refractivity contribution is 8.14. The Morgan fingerprint density at radius 3 is 2.81 bits per heavy atom. The van der Waals surface area contributed by atoms with Gasteiger partial charge in [-0.15, -0.1) is 11.8 Å². The van der Waals surface area contributed by atoms with Crippen LogP contribution in [-0.2, 0) is 9.84 Å². The number of aliphatic imine (C=N–C) groups is 1. The number of benzene rings is 1. The summed E-state index contributed by atoms with van der Waals surface area (Å²) < 4.78 is 22.8. The molecule has 1 atom stereocenters. The molecule has 2 aliphatic rings. The van der Waals surface area contributed by atoms with Crippen LogP contribution >= 0.6 is 23.4 Å². The lowest BCUT2D eigenvalue weighted by atomic mass is 10.2. The third-order valence-corrected chi connectivity index (χ3v) is 7.52. The van der Waals surface area contributed by atoms with Crippen LogP contribution in [0.25, 0.3) is 10.9 Å². The van der Waals surface area contributed by atoms with Crippen LogP contribution in [0.15, 0.2) is 23.2 Å². The molecule has 8 heteroatoms. The minimum atomic E-state index is -2.95. The van der Waals surface area contributed by atoms with E-state index in [0.717, 1.165) is 38.1 Å². The summed E-state index contributed by atoms with van der Waals surface area (Å²) >= 11 is 8.02. The molecule has 27 heavy (non-hydrogen) atoms. The van der Waals surface area contributed by atoms with Gasteiger partial charge in [0, 0.05) is 28.5 Å². The Morgan fingerprint density at radius 1 is 1.30 bits per heavy atom. The monoisotopic (exact) mass is 425 g/mol. The summed E-state index contributed by atoms with van der Waals surface area (Å²) in [4.78, 5) is 8.25. The number of aromatic amines is 1. The number of H-pyrrole nitrogens is 1. The summed E-state index contributed by atoms with van der Waals surface area (Å²) in [5, 5.41) is 6.39. The number of nitrogens with one attached hydrogen (secondary N) is 2. The molecule has 0 bridgehead atoms. The fourth-order valence-electron chi connectivity index (χ4n) is 3.79. The van der Waals surface area contributed by atoms with E-state index in [4.69, 9.17) is 16.6 Å². The average molecular weight is 426 g/mol. The van der Waals surface area contributed by atoms with Crippen molar-refractivity contribution in [1.29, 1.82) is 0 Å². The maximum absolute atomic E-state index is 11.4. The Hall–Kier alpha value is -1.18. The molecule has 0 spiro atoms.